The molecule has 200 valence electrons. The normalized spacial score (nSPS) is 14.2. The third kappa shape index (κ3) is 5.18. The minimum Gasteiger partial charge on any atom is -0.473 e. The van der Waals surface area contributed by atoms with Gasteiger partial charge in [0.05, 0.1) is 25.2 Å². The van der Waals surface area contributed by atoms with Gasteiger partial charge >= 0.3 is 5.97 Å². The topological polar surface area (TPSA) is 82.2 Å². The molecule has 0 saturated carbocycles. The van der Waals surface area contributed by atoms with Crippen molar-refractivity contribution in [2.24, 2.45) is 0 Å². The van der Waals surface area contributed by atoms with E-state index in [0.717, 1.165) is 53.9 Å². The molecule has 0 amide bonds. The number of anilines is 2. The molecule has 5 rings (SSSR count). The second-order valence-electron chi connectivity index (χ2n) is 9.41. The number of pyridine rings is 1. The third-order valence-corrected chi connectivity index (χ3v) is 7.02. The van der Waals surface area contributed by atoms with Crippen molar-refractivity contribution in [3.8, 4) is 17.2 Å². The number of aromatic nitrogens is 1. The van der Waals surface area contributed by atoms with Gasteiger partial charge in [0.1, 0.15) is 5.75 Å². The van der Waals surface area contributed by atoms with E-state index in [9.17, 15) is 4.79 Å². The number of nitrogens with one attached hydrogen (secondary N) is 1. The van der Waals surface area contributed by atoms with E-state index < -0.39 is 12.1 Å². The highest BCUT2D eigenvalue weighted by Crippen LogP contribution is 2.39. The molecule has 9 heteroatoms. The van der Waals surface area contributed by atoms with E-state index >= 15 is 0 Å². The molecule has 3 aromatic rings. The van der Waals surface area contributed by atoms with Crippen LogP contribution in [0.5, 0.6) is 17.2 Å². The van der Waals surface area contributed by atoms with Gasteiger partial charge in [0.25, 0.3) is 0 Å². The molecule has 0 aliphatic carbocycles. The molecule has 2 aliphatic rings. The Kier molecular flexibility index (Phi) is 7.79. The van der Waals surface area contributed by atoms with Crippen LogP contribution in [-0.4, -0.2) is 31.5 Å². The van der Waals surface area contributed by atoms with Crippen LogP contribution in [0.1, 0.15) is 55.0 Å². The maximum absolute atomic E-state index is 12.9. The number of fused-ring (bicyclic) bond motifs is 2. The van der Waals surface area contributed by atoms with E-state index in [0.29, 0.717) is 35.4 Å². The first-order valence-corrected chi connectivity index (χ1v) is 13.3. The molecule has 0 fully saturated rings. The van der Waals surface area contributed by atoms with E-state index in [2.05, 4.69) is 41.2 Å². The second-order valence-corrected chi connectivity index (χ2v) is 9.76. The molecule has 1 unspecified atom stereocenters. The maximum atomic E-state index is 12.9. The summed E-state index contributed by atoms with van der Waals surface area (Å²) in [4.78, 5) is 19.4. The lowest BCUT2D eigenvalue weighted by Crippen LogP contribution is -2.23. The maximum Gasteiger partial charge on any atom is 0.351 e. The van der Waals surface area contributed by atoms with E-state index in [1.165, 1.54) is 12.7 Å². The minimum atomic E-state index is -0.934. The highest BCUT2D eigenvalue weighted by molar-refractivity contribution is 6.32. The van der Waals surface area contributed by atoms with Crippen molar-refractivity contribution >= 4 is 28.9 Å². The first kappa shape index (κ1) is 26.0. The lowest BCUT2D eigenvalue weighted by atomic mass is 9.97. The van der Waals surface area contributed by atoms with Crippen molar-refractivity contribution in [3.63, 3.8) is 0 Å². The number of methoxy groups -OCH3 is 1. The second kappa shape index (κ2) is 11.4. The summed E-state index contributed by atoms with van der Waals surface area (Å²) >= 11 is 6.29. The van der Waals surface area contributed by atoms with Crippen molar-refractivity contribution in [1.82, 2.24) is 4.98 Å². The zero-order valence-electron chi connectivity index (χ0n) is 21.9. The molecule has 0 spiro atoms. The van der Waals surface area contributed by atoms with Crippen LogP contribution in [0.15, 0.2) is 42.6 Å². The van der Waals surface area contributed by atoms with Gasteiger partial charge in [-0.05, 0) is 47.7 Å². The van der Waals surface area contributed by atoms with Gasteiger partial charge in [0.2, 0.25) is 12.9 Å². The molecule has 0 saturated heterocycles. The molecule has 1 atom stereocenters. The molecule has 0 radical (unpaired) electrons. The molecule has 8 nitrogen and oxygen atoms in total. The Morgan fingerprint density at radius 3 is 2.55 bits per heavy atom. The van der Waals surface area contributed by atoms with Crippen LogP contribution in [0.2, 0.25) is 5.15 Å². The van der Waals surface area contributed by atoms with Crippen molar-refractivity contribution in [2.45, 2.75) is 52.2 Å². The Bertz CT molecular complexity index is 1300. The number of carbonyl (C=O) groups is 1. The Morgan fingerprint density at radius 1 is 1.11 bits per heavy atom. The molecule has 1 N–H and O–H groups in total. The van der Waals surface area contributed by atoms with Gasteiger partial charge in [-0.1, -0.05) is 56.5 Å². The summed E-state index contributed by atoms with van der Waals surface area (Å²) in [6.45, 7) is 5.80. The van der Waals surface area contributed by atoms with E-state index in [4.69, 9.17) is 30.5 Å². The third-order valence-electron chi connectivity index (χ3n) is 6.74. The zero-order chi connectivity index (χ0) is 26.6. The fourth-order valence-electron chi connectivity index (χ4n) is 5.01. The van der Waals surface area contributed by atoms with E-state index in [-0.39, 0.29) is 6.79 Å². The summed E-state index contributed by atoms with van der Waals surface area (Å²) in [5.41, 5.74) is 5.87. The van der Waals surface area contributed by atoms with Gasteiger partial charge in [-0.25, -0.2) is 9.78 Å². The molecule has 3 heterocycles. The number of nitrogens with zero attached hydrogens (tertiary/aromatic N) is 2. The standard InChI is InChI=1S/C29H32ClN3O5/c1-4-6-19-12-18(15-33-16-32-25-22(33)10-11-31-28(25)30)13-20(7-5-2)26(19)38-27(29(34)35-3)21-8-9-23-24(14-21)37-17-36-23/h8-14,27,32H,4-7,15-17H2,1-3H3. The molecule has 2 aliphatic heterocycles. The number of halogens is 1. The number of hydrogen-bond acceptors (Lipinski definition) is 8. The summed E-state index contributed by atoms with van der Waals surface area (Å²) in [6.07, 6.45) is 4.31. The van der Waals surface area contributed by atoms with Crippen LogP contribution in [0, 0.1) is 0 Å². The Hall–Kier alpha value is -3.65. The summed E-state index contributed by atoms with van der Waals surface area (Å²) in [5, 5.41) is 3.82. The number of benzene rings is 2. The number of rotatable bonds is 10. The fraction of sp³-hybridized carbons (Fsp3) is 0.379. The molecular weight excluding hydrogens is 506 g/mol. The van der Waals surface area contributed by atoms with Gasteiger partial charge < -0.3 is 29.2 Å². The number of hydrogen-bond donors (Lipinski definition) is 1. The largest absolute Gasteiger partial charge is 0.473 e. The predicted molar refractivity (Wildman–Crippen MR) is 146 cm³/mol. The Morgan fingerprint density at radius 2 is 1.84 bits per heavy atom. The number of esters is 1. The van der Waals surface area contributed by atoms with Crippen LogP contribution >= 0.6 is 11.6 Å². The quantitative estimate of drug-likeness (QED) is 0.247. The molecule has 1 aromatic heterocycles. The summed E-state index contributed by atoms with van der Waals surface area (Å²) in [5.74, 6) is 1.52. The summed E-state index contributed by atoms with van der Waals surface area (Å²) in [6, 6.07) is 11.8. The van der Waals surface area contributed by atoms with E-state index in [1.54, 1.807) is 18.3 Å². The lowest BCUT2D eigenvalue weighted by molar-refractivity contribution is -0.149. The van der Waals surface area contributed by atoms with E-state index in [1.807, 2.05) is 12.1 Å². The van der Waals surface area contributed by atoms with Crippen molar-refractivity contribution in [1.29, 1.82) is 0 Å². The Labute approximate surface area is 227 Å². The first-order chi connectivity index (χ1) is 18.5. The fourth-order valence-corrected chi connectivity index (χ4v) is 5.23. The average molecular weight is 538 g/mol. The molecule has 2 aromatic carbocycles. The van der Waals surface area contributed by atoms with Crippen molar-refractivity contribution in [3.05, 3.63) is 70.0 Å². The van der Waals surface area contributed by atoms with Gasteiger partial charge in [-0.2, -0.15) is 0 Å². The van der Waals surface area contributed by atoms with Gasteiger partial charge in [-0.15, -0.1) is 0 Å². The number of aryl methyl sites for hydroxylation is 2. The van der Waals surface area contributed by atoms with Crippen LogP contribution in [0.25, 0.3) is 0 Å². The van der Waals surface area contributed by atoms with Gasteiger partial charge in [0.15, 0.2) is 16.7 Å². The number of carbonyl (C=O) groups excluding carboxylic acids is 1. The van der Waals surface area contributed by atoms with Gasteiger partial charge in [0, 0.05) is 18.3 Å². The zero-order valence-corrected chi connectivity index (χ0v) is 22.6. The Balaban J connectivity index is 1.49. The van der Waals surface area contributed by atoms with Crippen molar-refractivity contribution < 1.29 is 23.7 Å². The highest BCUT2D eigenvalue weighted by atomic mass is 35.5. The van der Waals surface area contributed by atoms with Crippen LogP contribution in [-0.2, 0) is 28.9 Å². The van der Waals surface area contributed by atoms with Crippen LogP contribution in [0.4, 0.5) is 11.4 Å². The number of ether oxygens (including phenoxy) is 4. The smallest absolute Gasteiger partial charge is 0.351 e. The van der Waals surface area contributed by atoms with Crippen LogP contribution < -0.4 is 24.4 Å². The van der Waals surface area contributed by atoms with Crippen molar-refractivity contribution in [2.75, 3.05) is 30.8 Å². The first-order valence-electron chi connectivity index (χ1n) is 12.9. The highest BCUT2D eigenvalue weighted by Gasteiger charge is 2.29. The predicted octanol–water partition coefficient (Wildman–Crippen LogP) is 6.05. The summed E-state index contributed by atoms with van der Waals surface area (Å²) in [7, 11) is 1.37. The lowest BCUT2D eigenvalue weighted by Gasteiger charge is -2.24. The van der Waals surface area contributed by atoms with Crippen LogP contribution in [0.3, 0.4) is 0 Å². The summed E-state index contributed by atoms with van der Waals surface area (Å²) < 4.78 is 22.7. The molecule has 0 bridgehead atoms. The monoisotopic (exact) mass is 537 g/mol. The SMILES string of the molecule is CCCc1cc(CN2CNc3c2ccnc3Cl)cc(CCC)c1OC(C(=O)OC)c1ccc2c(c1)OCO2. The molecule has 38 heavy (non-hydrogen) atoms. The van der Waals surface area contributed by atoms with Gasteiger partial charge in [-0.3, -0.25) is 0 Å². The average Bonchev–Trinajstić information content (AvgIpc) is 3.56. The minimum absolute atomic E-state index is 0.158. The molecular formula is C29H32ClN3O5.